The number of hydrogen-bond donors (Lipinski definition) is 2. The second-order valence-electron chi connectivity index (χ2n) is 3.70. The molecule has 1 unspecified atom stereocenters. The van der Waals surface area contributed by atoms with E-state index in [0.717, 1.165) is 25.5 Å². The van der Waals surface area contributed by atoms with Crippen LogP contribution in [-0.2, 0) is 6.18 Å². The SMILES string of the molecule is FC(F)(F)c1cc(OC2CCCNC2)n[nH]1. The minimum atomic E-state index is -4.40. The van der Waals surface area contributed by atoms with Crippen molar-refractivity contribution >= 4 is 0 Å². The molecule has 2 heterocycles. The van der Waals surface area contributed by atoms with E-state index in [-0.39, 0.29) is 12.0 Å². The van der Waals surface area contributed by atoms with Gasteiger partial charge in [0.05, 0.1) is 0 Å². The summed E-state index contributed by atoms with van der Waals surface area (Å²) in [5, 5.41) is 8.50. The van der Waals surface area contributed by atoms with Gasteiger partial charge < -0.3 is 10.1 Å². The standard InChI is InChI=1S/C9H12F3N3O/c10-9(11,12)7-4-8(15-14-7)16-6-2-1-3-13-5-6/h4,6,13H,1-3,5H2,(H,14,15). The lowest BCUT2D eigenvalue weighted by molar-refractivity contribution is -0.141. The van der Waals surface area contributed by atoms with E-state index in [1.807, 2.05) is 5.10 Å². The third kappa shape index (κ3) is 2.66. The van der Waals surface area contributed by atoms with Gasteiger partial charge in [-0.1, -0.05) is 0 Å². The second-order valence-corrected chi connectivity index (χ2v) is 3.70. The Balaban J connectivity index is 1.97. The van der Waals surface area contributed by atoms with Crippen LogP contribution in [-0.4, -0.2) is 29.4 Å². The molecule has 0 saturated carbocycles. The van der Waals surface area contributed by atoms with E-state index in [2.05, 4.69) is 10.4 Å². The number of aromatic nitrogens is 2. The summed E-state index contributed by atoms with van der Waals surface area (Å²) in [5.41, 5.74) is -0.883. The Morgan fingerprint density at radius 1 is 1.44 bits per heavy atom. The molecule has 1 saturated heterocycles. The van der Waals surface area contributed by atoms with E-state index < -0.39 is 11.9 Å². The molecule has 2 N–H and O–H groups in total. The predicted molar refractivity (Wildman–Crippen MR) is 50.1 cm³/mol. The normalized spacial score (nSPS) is 22.1. The van der Waals surface area contributed by atoms with Crippen LogP contribution in [0.3, 0.4) is 0 Å². The fourth-order valence-electron chi connectivity index (χ4n) is 1.60. The van der Waals surface area contributed by atoms with Gasteiger partial charge in [-0.15, -0.1) is 5.10 Å². The van der Waals surface area contributed by atoms with Crippen LogP contribution in [0.1, 0.15) is 18.5 Å². The molecule has 1 aromatic heterocycles. The van der Waals surface area contributed by atoms with Crippen LogP contribution >= 0.6 is 0 Å². The fourth-order valence-corrected chi connectivity index (χ4v) is 1.60. The van der Waals surface area contributed by atoms with Crippen LogP contribution in [0.5, 0.6) is 5.88 Å². The Bertz CT molecular complexity index is 344. The van der Waals surface area contributed by atoms with E-state index in [1.165, 1.54) is 0 Å². The number of H-pyrrole nitrogens is 1. The van der Waals surface area contributed by atoms with Crippen molar-refractivity contribution in [1.82, 2.24) is 15.5 Å². The van der Waals surface area contributed by atoms with E-state index in [4.69, 9.17) is 4.74 Å². The zero-order valence-corrected chi connectivity index (χ0v) is 8.47. The number of ether oxygens (including phenoxy) is 1. The highest BCUT2D eigenvalue weighted by Gasteiger charge is 2.33. The molecule has 1 aliphatic rings. The first-order valence-corrected chi connectivity index (χ1v) is 5.05. The van der Waals surface area contributed by atoms with Crippen LogP contribution in [0.4, 0.5) is 13.2 Å². The summed E-state index contributed by atoms with van der Waals surface area (Å²) in [7, 11) is 0. The quantitative estimate of drug-likeness (QED) is 0.817. The molecule has 0 bridgehead atoms. The average molecular weight is 235 g/mol. The summed E-state index contributed by atoms with van der Waals surface area (Å²) in [5.74, 6) is 0.000949. The predicted octanol–water partition coefficient (Wildman–Crippen LogP) is 1.56. The molecule has 0 aromatic carbocycles. The zero-order valence-electron chi connectivity index (χ0n) is 8.47. The van der Waals surface area contributed by atoms with Crippen molar-refractivity contribution in [3.63, 3.8) is 0 Å². The Morgan fingerprint density at radius 3 is 2.81 bits per heavy atom. The lowest BCUT2D eigenvalue weighted by Gasteiger charge is -2.22. The number of alkyl halides is 3. The van der Waals surface area contributed by atoms with Crippen molar-refractivity contribution in [3.05, 3.63) is 11.8 Å². The molecule has 90 valence electrons. The van der Waals surface area contributed by atoms with Crippen LogP contribution < -0.4 is 10.1 Å². The third-order valence-electron chi connectivity index (χ3n) is 2.40. The van der Waals surface area contributed by atoms with Gasteiger partial charge >= 0.3 is 6.18 Å². The summed E-state index contributed by atoms with van der Waals surface area (Å²) >= 11 is 0. The molecule has 1 atom stereocenters. The minimum Gasteiger partial charge on any atom is -0.472 e. The highest BCUT2D eigenvalue weighted by atomic mass is 19.4. The van der Waals surface area contributed by atoms with E-state index in [9.17, 15) is 13.2 Å². The summed E-state index contributed by atoms with van der Waals surface area (Å²) in [4.78, 5) is 0. The number of piperidine rings is 1. The Morgan fingerprint density at radius 2 is 2.25 bits per heavy atom. The second kappa shape index (κ2) is 4.32. The maximum atomic E-state index is 12.2. The smallest absolute Gasteiger partial charge is 0.432 e. The number of aromatic amines is 1. The van der Waals surface area contributed by atoms with Crippen molar-refractivity contribution < 1.29 is 17.9 Å². The number of hydrogen-bond acceptors (Lipinski definition) is 3. The van der Waals surface area contributed by atoms with Gasteiger partial charge in [-0.2, -0.15) is 13.2 Å². The Labute approximate surface area is 90.2 Å². The van der Waals surface area contributed by atoms with Gasteiger partial charge in [0.15, 0.2) is 0 Å². The van der Waals surface area contributed by atoms with E-state index in [0.29, 0.717) is 6.54 Å². The molecule has 0 radical (unpaired) electrons. The van der Waals surface area contributed by atoms with E-state index in [1.54, 1.807) is 0 Å². The molecule has 1 aliphatic heterocycles. The highest BCUT2D eigenvalue weighted by Crippen LogP contribution is 2.29. The molecular weight excluding hydrogens is 223 g/mol. The zero-order chi connectivity index (χ0) is 11.6. The molecule has 0 aliphatic carbocycles. The van der Waals surface area contributed by atoms with Gasteiger partial charge in [0.25, 0.3) is 0 Å². The summed E-state index contributed by atoms with van der Waals surface area (Å²) in [6.07, 6.45) is -2.71. The van der Waals surface area contributed by atoms with Crippen LogP contribution in [0.2, 0.25) is 0 Å². The maximum absolute atomic E-state index is 12.2. The molecule has 16 heavy (non-hydrogen) atoms. The molecule has 0 spiro atoms. The molecule has 7 heteroatoms. The summed E-state index contributed by atoms with van der Waals surface area (Å²) in [6.45, 7) is 1.57. The lowest BCUT2D eigenvalue weighted by atomic mass is 10.1. The van der Waals surface area contributed by atoms with Gasteiger partial charge in [-0.3, -0.25) is 5.10 Å². The van der Waals surface area contributed by atoms with Crippen molar-refractivity contribution in [2.24, 2.45) is 0 Å². The Hall–Kier alpha value is -1.24. The maximum Gasteiger partial charge on any atom is 0.432 e. The largest absolute Gasteiger partial charge is 0.472 e. The first-order chi connectivity index (χ1) is 7.55. The number of rotatable bonds is 2. The van der Waals surface area contributed by atoms with Crippen molar-refractivity contribution in [2.75, 3.05) is 13.1 Å². The molecule has 1 fully saturated rings. The van der Waals surface area contributed by atoms with Crippen LogP contribution in [0, 0.1) is 0 Å². The van der Waals surface area contributed by atoms with Crippen LogP contribution in [0.25, 0.3) is 0 Å². The molecule has 0 amide bonds. The van der Waals surface area contributed by atoms with Gasteiger partial charge in [0, 0.05) is 12.6 Å². The van der Waals surface area contributed by atoms with Gasteiger partial charge in [0.1, 0.15) is 11.8 Å². The fraction of sp³-hybridized carbons (Fsp3) is 0.667. The van der Waals surface area contributed by atoms with Gasteiger partial charge in [0.2, 0.25) is 5.88 Å². The highest BCUT2D eigenvalue weighted by molar-refractivity contribution is 5.16. The minimum absolute atomic E-state index is 0.000949. The summed E-state index contributed by atoms with van der Waals surface area (Å²) < 4.78 is 42.0. The van der Waals surface area contributed by atoms with Gasteiger partial charge in [-0.05, 0) is 19.4 Å². The first-order valence-electron chi connectivity index (χ1n) is 5.05. The monoisotopic (exact) mass is 235 g/mol. The Kier molecular flexibility index (Phi) is 3.04. The van der Waals surface area contributed by atoms with Gasteiger partial charge in [-0.25, -0.2) is 0 Å². The summed E-state index contributed by atoms with van der Waals surface area (Å²) in [6, 6.07) is 0.884. The number of nitrogens with zero attached hydrogens (tertiary/aromatic N) is 1. The third-order valence-corrected chi connectivity index (χ3v) is 2.40. The molecular formula is C9H12F3N3O. The van der Waals surface area contributed by atoms with Crippen LogP contribution in [0.15, 0.2) is 6.07 Å². The van der Waals surface area contributed by atoms with Crippen molar-refractivity contribution in [3.8, 4) is 5.88 Å². The van der Waals surface area contributed by atoms with Crippen molar-refractivity contribution in [1.29, 1.82) is 0 Å². The molecule has 1 aromatic rings. The number of halogens is 3. The average Bonchev–Trinajstić information content (AvgIpc) is 2.67. The molecule has 2 rings (SSSR count). The first kappa shape index (κ1) is 11.3. The van der Waals surface area contributed by atoms with E-state index >= 15 is 0 Å². The number of nitrogens with one attached hydrogen (secondary N) is 2. The topological polar surface area (TPSA) is 49.9 Å². The lowest BCUT2D eigenvalue weighted by Crippen LogP contribution is -2.37. The molecule has 4 nitrogen and oxygen atoms in total. The van der Waals surface area contributed by atoms with Crippen molar-refractivity contribution in [2.45, 2.75) is 25.1 Å².